The van der Waals surface area contributed by atoms with Crippen LogP contribution in [0.25, 0.3) is 0 Å². The standard InChI is InChI=1S/C13H18N2O/c1-12(2,11(14)16)9-5-3-4-6-10(9)13(15)7-8-13/h3-6H,7-8,15H2,1-2H3,(H2,14,16). The van der Waals surface area contributed by atoms with Gasteiger partial charge in [0.15, 0.2) is 0 Å². The summed E-state index contributed by atoms with van der Waals surface area (Å²) in [6, 6.07) is 7.85. The van der Waals surface area contributed by atoms with Crippen molar-refractivity contribution >= 4 is 5.91 Å². The SMILES string of the molecule is CC(C)(C(N)=O)c1ccccc1C1(N)CC1. The first-order valence-corrected chi connectivity index (χ1v) is 5.57. The van der Waals surface area contributed by atoms with Crippen LogP contribution in [0.2, 0.25) is 0 Å². The normalized spacial score (nSPS) is 18.2. The van der Waals surface area contributed by atoms with Gasteiger partial charge >= 0.3 is 0 Å². The van der Waals surface area contributed by atoms with Crippen LogP contribution in [0.15, 0.2) is 24.3 Å². The molecule has 16 heavy (non-hydrogen) atoms. The summed E-state index contributed by atoms with van der Waals surface area (Å²) >= 11 is 0. The number of rotatable bonds is 3. The fourth-order valence-electron chi connectivity index (χ4n) is 2.00. The average molecular weight is 218 g/mol. The highest BCUT2D eigenvalue weighted by molar-refractivity contribution is 5.86. The third kappa shape index (κ3) is 1.61. The molecule has 0 aromatic heterocycles. The van der Waals surface area contributed by atoms with Gasteiger partial charge in [-0.15, -0.1) is 0 Å². The Morgan fingerprint density at radius 1 is 1.31 bits per heavy atom. The molecule has 0 atom stereocenters. The van der Waals surface area contributed by atoms with E-state index >= 15 is 0 Å². The lowest BCUT2D eigenvalue weighted by molar-refractivity contribution is -0.122. The molecule has 3 heteroatoms. The maximum atomic E-state index is 11.5. The number of primary amides is 1. The smallest absolute Gasteiger partial charge is 0.227 e. The Labute approximate surface area is 95.8 Å². The van der Waals surface area contributed by atoms with E-state index in [0.717, 1.165) is 24.0 Å². The third-order valence-electron chi connectivity index (χ3n) is 3.54. The first-order valence-electron chi connectivity index (χ1n) is 5.57. The molecule has 0 aliphatic heterocycles. The Morgan fingerprint density at radius 2 is 1.88 bits per heavy atom. The first-order chi connectivity index (χ1) is 7.38. The second-order valence-corrected chi connectivity index (χ2v) is 5.19. The van der Waals surface area contributed by atoms with Crippen molar-refractivity contribution in [2.75, 3.05) is 0 Å². The van der Waals surface area contributed by atoms with Crippen LogP contribution >= 0.6 is 0 Å². The van der Waals surface area contributed by atoms with Crippen LogP contribution in [0.5, 0.6) is 0 Å². The molecular weight excluding hydrogens is 200 g/mol. The van der Waals surface area contributed by atoms with Gasteiger partial charge in [-0.1, -0.05) is 24.3 Å². The zero-order valence-corrected chi connectivity index (χ0v) is 9.79. The second-order valence-electron chi connectivity index (χ2n) is 5.19. The van der Waals surface area contributed by atoms with Gasteiger partial charge in [-0.25, -0.2) is 0 Å². The van der Waals surface area contributed by atoms with Crippen LogP contribution in [0.3, 0.4) is 0 Å². The van der Waals surface area contributed by atoms with Gasteiger partial charge in [0.05, 0.1) is 5.41 Å². The summed E-state index contributed by atoms with van der Waals surface area (Å²) in [6.45, 7) is 3.69. The minimum atomic E-state index is -0.661. The molecule has 1 fully saturated rings. The lowest BCUT2D eigenvalue weighted by atomic mass is 9.79. The maximum absolute atomic E-state index is 11.5. The van der Waals surface area contributed by atoms with Crippen molar-refractivity contribution < 1.29 is 4.79 Å². The fourth-order valence-corrected chi connectivity index (χ4v) is 2.00. The van der Waals surface area contributed by atoms with E-state index in [4.69, 9.17) is 11.5 Å². The van der Waals surface area contributed by atoms with Crippen LogP contribution in [-0.4, -0.2) is 5.91 Å². The number of carbonyl (C=O) groups excluding carboxylic acids is 1. The van der Waals surface area contributed by atoms with E-state index in [1.807, 2.05) is 38.1 Å². The van der Waals surface area contributed by atoms with E-state index in [0.29, 0.717) is 0 Å². The van der Waals surface area contributed by atoms with Gasteiger partial charge in [0.1, 0.15) is 0 Å². The number of hydrogen-bond donors (Lipinski definition) is 2. The predicted octanol–water partition coefficient (Wildman–Crippen LogP) is 1.40. The molecule has 0 saturated heterocycles. The minimum absolute atomic E-state index is 0.233. The Morgan fingerprint density at radius 3 is 2.38 bits per heavy atom. The van der Waals surface area contributed by atoms with E-state index in [2.05, 4.69) is 0 Å². The molecule has 0 heterocycles. The van der Waals surface area contributed by atoms with Crippen molar-refractivity contribution in [3.8, 4) is 0 Å². The van der Waals surface area contributed by atoms with Crippen LogP contribution in [0.1, 0.15) is 37.8 Å². The van der Waals surface area contributed by atoms with Crippen molar-refractivity contribution in [1.29, 1.82) is 0 Å². The first kappa shape index (κ1) is 11.1. The number of benzene rings is 1. The van der Waals surface area contributed by atoms with Crippen molar-refractivity contribution in [2.45, 2.75) is 37.6 Å². The highest BCUT2D eigenvalue weighted by Gasteiger charge is 2.44. The average Bonchev–Trinajstić information content (AvgIpc) is 2.98. The van der Waals surface area contributed by atoms with Crippen LogP contribution in [0, 0.1) is 0 Å². The lowest BCUT2D eigenvalue weighted by Crippen LogP contribution is -2.38. The van der Waals surface area contributed by atoms with Gasteiger partial charge < -0.3 is 11.5 Å². The second kappa shape index (κ2) is 3.32. The summed E-state index contributed by atoms with van der Waals surface area (Å²) in [4.78, 5) is 11.5. The predicted molar refractivity (Wildman–Crippen MR) is 63.8 cm³/mol. The molecule has 0 unspecified atom stereocenters. The summed E-state index contributed by atoms with van der Waals surface area (Å²) < 4.78 is 0. The van der Waals surface area contributed by atoms with Crippen LogP contribution in [-0.2, 0) is 15.7 Å². The molecule has 1 aromatic rings. The molecule has 1 aromatic carbocycles. The zero-order valence-electron chi connectivity index (χ0n) is 9.79. The van der Waals surface area contributed by atoms with Crippen LogP contribution in [0.4, 0.5) is 0 Å². The number of nitrogens with two attached hydrogens (primary N) is 2. The summed E-state index contributed by atoms with van der Waals surface area (Å²) in [5.74, 6) is -0.316. The van der Waals surface area contributed by atoms with Gasteiger partial charge in [0, 0.05) is 5.54 Å². The summed E-state index contributed by atoms with van der Waals surface area (Å²) in [7, 11) is 0. The lowest BCUT2D eigenvalue weighted by Gasteiger charge is -2.26. The van der Waals surface area contributed by atoms with Gasteiger partial charge in [-0.05, 0) is 37.8 Å². The Balaban J connectivity index is 2.53. The maximum Gasteiger partial charge on any atom is 0.227 e. The molecule has 0 spiro atoms. The van der Waals surface area contributed by atoms with Crippen molar-refractivity contribution in [1.82, 2.24) is 0 Å². The van der Waals surface area contributed by atoms with E-state index in [-0.39, 0.29) is 11.4 Å². The molecule has 0 radical (unpaired) electrons. The molecule has 1 saturated carbocycles. The zero-order chi connectivity index (χ0) is 12.0. The molecule has 1 aliphatic carbocycles. The molecule has 2 rings (SSSR count). The topological polar surface area (TPSA) is 69.1 Å². The van der Waals surface area contributed by atoms with E-state index in [9.17, 15) is 4.79 Å². The molecule has 3 nitrogen and oxygen atoms in total. The fraction of sp³-hybridized carbons (Fsp3) is 0.462. The van der Waals surface area contributed by atoms with E-state index in [1.165, 1.54) is 0 Å². The van der Waals surface area contributed by atoms with Gasteiger partial charge in [-0.3, -0.25) is 4.79 Å². The van der Waals surface area contributed by atoms with E-state index in [1.54, 1.807) is 0 Å². The Bertz CT molecular complexity index is 433. The highest BCUT2D eigenvalue weighted by Crippen LogP contribution is 2.46. The number of carbonyl (C=O) groups is 1. The molecule has 1 amide bonds. The monoisotopic (exact) mass is 218 g/mol. The third-order valence-corrected chi connectivity index (χ3v) is 3.54. The molecular formula is C13H18N2O. The molecule has 86 valence electrons. The Hall–Kier alpha value is -1.35. The molecule has 4 N–H and O–H groups in total. The Kier molecular flexibility index (Phi) is 2.31. The largest absolute Gasteiger partial charge is 0.369 e. The van der Waals surface area contributed by atoms with Gasteiger partial charge in [-0.2, -0.15) is 0 Å². The number of hydrogen-bond acceptors (Lipinski definition) is 2. The highest BCUT2D eigenvalue weighted by atomic mass is 16.1. The molecule has 1 aliphatic rings. The van der Waals surface area contributed by atoms with Crippen LogP contribution < -0.4 is 11.5 Å². The summed E-state index contributed by atoms with van der Waals surface area (Å²) in [5, 5.41) is 0. The van der Waals surface area contributed by atoms with Crippen molar-refractivity contribution in [3.05, 3.63) is 35.4 Å². The van der Waals surface area contributed by atoms with Crippen molar-refractivity contribution in [2.24, 2.45) is 11.5 Å². The minimum Gasteiger partial charge on any atom is -0.369 e. The van der Waals surface area contributed by atoms with Gasteiger partial charge in [0.2, 0.25) is 5.91 Å². The number of amides is 1. The molecule has 0 bridgehead atoms. The van der Waals surface area contributed by atoms with Crippen molar-refractivity contribution in [3.63, 3.8) is 0 Å². The summed E-state index contributed by atoms with van der Waals surface area (Å²) in [6.07, 6.45) is 1.97. The van der Waals surface area contributed by atoms with E-state index < -0.39 is 5.41 Å². The quantitative estimate of drug-likeness (QED) is 0.805. The summed E-state index contributed by atoms with van der Waals surface area (Å²) in [5.41, 5.74) is 12.8. The van der Waals surface area contributed by atoms with Gasteiger partial charge in [0.25, 0.3) is 0 Å².